The zero-order valence-electron chi connectivity index (χ0n) is 13.6. The third kappa shape index (κ3) is 5.06. The molecule has 0 saturated heterocycles. The Kier molecular flexibility index (Phi) is 6.59. The van der Waals surface area contributed by atoms with Gasteiger partial charge >= 0.3 is 0 Å². The summed E-state index contributed by atoms with van der Waals surface area (Å²) in [6.45, 7) is 5.74. The number of nitrogens with one attached hydrogen (secondary N) is 1. The van der Waals surface area contributed by atoms with Crippen LogP contribution in [0.15, 0.2) is 47.1 Å². The molecule has 2 rings (SSSR count). The molecule has 0 aliphatic rings. The van der Waals surface area contributed by atoms with Gasteiger partial charge in [-0.15, -0.1) is 0 Å². The van der Waals surface area contributed by atoms with Crippen molar-refractivity contribution in [1.82, 2.24) is 9.88 Å². The van der Waals surface area contributed by atoms with Crippen LogP contribution in [-0.2, 0) is 0 Å². The van der Waals surface area contributed by atoms with Gasteiger partial charge in [-0.2, -0.15) is 0 Å². The number of hydrogen-bond acceptors (Lipinski definition) is 3. The smallest absolute Gasteiger partial charge is 0.254 e. The summed E-state index contributed by atoms with van der Waals surface area (Å²) in [5.74, 6) is 0.737. The van der Waals surface area contributed by atoms with Crippen molar-refractivity contribution >= 4 is 33.3 Å². The number of carbonyl (C=O) groups excluding carboxylic acids is 1. The van der Waals surface area contributed by atoms with E-state index >= 15 is 0 Å². The van der Waals surface area contributed by atoms with E-state index in [0.29, 0.717) is 11.4 Å². The van der Waals surface area contributed by atoms with Crippen molar-refractivity contribution in [2.75, 3.05) is 18.4 Å². The van der Waals surface area contributed by atoms with E-state index in [0.717, 1.165) is 36.1 Å². The SMILES string of the molecule is CCCN(CCC)C(=O)c1ccnc(Nc2ccc(Br)cc2)c1. The highest BCUT2D eigenvalue weighted by Gasteiger charge is 2.14. The minimum atomic E-state index is 0.0648. The highest BCUT2D eigenvalue weighted by molar-refractivity contribution is 9.10. The lowest BCUT2D eigenvalue weighted by Gasteiger charge is -2.21. The standard InChI is InChI=1S/C18H22BrN3O/c1-3-11-22(12-4-2)18(23)14-9-10-20-17(13-14)21-16-7-5-15(19)6-8-16/h5-10,13H,3-4,11-12H2,1-2H3,(H,20,21). The van der Waals surface area contributed by atoms with Crippen molar-refractivity contribution in [3.8, 4) is 0 Å². The fourth-order valence-corrected chi connectivity index (χ4v) is 2.61. The third-order valence-corrected chi connectivity index (χ3v) is 3.93. The molecular weight excluding hydrogens is 354 g/mol. The van der Waals surface area contributed by atoms with Crippen LogP contribution in [0.25, 0.3) is 0 Å². The highest BCUT2D eigenvalue weighted by atomic mass is 79.9. The number of rotatable bonds is 7. The molecule has 0 aliphatic heterocycles. The quantitative estimate of drug-likeness (QED) is 0.751. The topological polar surface area (TPSA) is 45.2 Å². The fourth-order valence-electron chi connectivity index (χ4n) is 2.35. The molecule has 0 radical (unpaired) electrons. The van der Waals surface area contributed by atoms with Gasteiger partial charge in [0.25, 0.3) is 5.91 Å². The average molecular weight is 376 g/mol. The summed E-state index contributed by atoms with van der Waals surface area (Å²) in [6.07, 6.45) is 3.59. The summed E-state index contributed by atoms with van der Waals surface area (Å²) >= 11 is 3.41. The Balaban J connectivity index is 2.14. The minimum absolute atomic E-state index is 0.0648. The van der Waals surface area contributed by atoms with Crippen LogP contribution >= 0.6 is 15.9 Å². The number of anilines is 2. The molecule has 23 heavy (non-hydrogen) atoms. The van der Waals surface area contributed by atoms with Crippen LogP contribution in [0, 0.1) is 0 Å². The number of benzene rings is 1. The number of amides is 1. The van der Waals surface area contributed by atoms with Crippen LogP contribution in [-0.4, -0.2) is 28.9 Å². The van der Waals surface area contributed by atoms with Crippen LogP contribution < -0.4 is 5.32 Å². The third-order valence-electron chi connectivity index (χ3n) is 3.40. The Labute approximate surface area is 146 Å². The largest absolute Gasteiger partial charge is 0.340 e. The normalized spacial score (nSPS) is 10.4. The monoisotopic (exact) mass is 375 g/mol. The molecule has 0 bridgehead atoms. The first-order valence-corrected chi connectivity index (χ1v) is 8.71. The molecule has 0 saturated carbocycles. The summed E-state index contributed by atoms with van der Waals surface area (Å²) in [5, 5.41) is 3.23. The molecule has 1 aromatic carbocycles. The first kappa shape index (κ1) is 17.5. The van der Waals surface area contributed by atoms with E-state index in [1.165, 1.54) is 0 Å². The van der Waals surface area contributed by atoms with E-state index in [9.17, 15) is 4.79 Å². The zero-order valence-corrected chi connectivity index (χ0v) is 15.1. The first-order valence-electron chi connectivity index (χ1n) is 7.92. The van der Waals surface area contributed by atoms with E-state index in [-0.39, 0.29) is 5.91 Å². The molecule has 4 nitrogen and oxygen atoms in total. The second kappa shape index (κ2) is 8.67. The Bertz CT molecular complexity index is 637. The predicted molar refractivity (Wildman–Crippen MR) is 98.1 cm³/mol. The molecule has 122 valence electrons. The minimum Gasteiger partial charge on any atom is -0.340 e. The lowest BCUT2D eigenvalue weighted by Crippen LogP contribution is -2.32. The summed E-state index contributed by atoms with van der Waals surface area (Å²) in [4.78, 5) is 18.8. The van der Waals surface area contributed by atoms with Gasteiger partial charge in [0.15, 0.2) is 0 Å². The van der Waals surface area contributed by atoms with Gasteiger partial charge in [0.1, 0.15) is 5.82 Å². The number of hydrogen-bond donors (Lipinski definition) is 1. The number of aromatic nitrogens is 1. The molecule has 1 aromatic heterocycles. The van der Waals surface area contributed by atoms with Crippen LogP contribution in [0.2, 0.25) is 0 Å². The predicted octanol–water partition coefficient (Wildman–Crippen LogP) is 4.85. The lowest BCUT2D eigenvalue weighted by atomic mass is 10.2. The van der Waals surface area contributed by atoms with E-state index < -0.39 is 0 Å². The molecule has 0 unspecified atom stereocenters. The van der Waals surface area contributed by atoms with Crippen LogP contribution in [0.3, 0.4) is 0 Å². The van der Waals surface area contributed by atoms with Crippen LogP contribution in [0.4, 0.5) is 11.5 Å². The Morgan fingerprint density at radius 3 is 2.39 bits per heavy atom. The molecule has 1 N–H and O–H groups in total. The molecule has 2 aromatic rings. The van der Waals surface area contributed by atoms with Crippen LogP contribution in [0.1, 0.15) is 37.0 Å². The van der Waals surface area contributed by atoms with Crippen LogP contribution in [0.5, 0.6) is 0 Å². The lowest BCUT2D eigenvalue weighted by molar-refractivity contribution is 0.0755. The maximum absolute atomic E-state index is 12.6. The molecule has 0 aliphatic carbocycles. The van der Waals surface area contributed by atoms with Crippen molar-refractivity contribution in [1.29, 1.82) is 0 Å². The maximum atomic E-state index is 12.6. The maximum Gasteiger partial charge on any atom is 0.254 e. The molecule has 5 heteroatoms. The van der Waals surface area contributed by atoms with Gasteiger partial charge in [0.2, 0.25) is 0 Å². The first-order chi connectivity index (χ1) is 11.1. The van der Waals surface area contributed by atoms with E-state index in [4.69, 9.17) is 0 Å². The molecule has 0 fully saturated rings. The van der Waals surface area contributed by atoms with Gasteiger partial charge in [0, 0.05) is 35.0 Å². The second-order valence-electron chi connectivity index (χ2n) is 5.35. The van der Waals surface area contributed by atoms with Crippen molar-refractivity contribution in [3.63, 3.8) is 0 Å². The fraction of sp³-hybridized carbons (Fsp3) is 0.333. The number of halogens is 1. The zero-order chi connectivity index (χ0) is 16.7. The molecule has 1 heterocycles. The molecular formula is C18H22BrN3O. The van der Waals surface area contributed by atoms with Gasteiger partial charge in [-0.05, 0) is 49.2 Å². The highest BCUT2D eigenvalue weighted by Crippen LogP contribution is 2.19. The van der Waals surface area contributed by atoms with Gasteiger partial charge in [-0.1, -0.05) is 29.8 Å². The summed E-state index contributed by atoms with van der Waals surface area (Å²) in [7, 11) is 0. The Morgan fingerprint density at radius 2 is 1.78 bits per heavy atom. The van der Waals surface area contributed by atoms with Crippen molar-refractivity contribution < 1.29 is 4.79 Å². The van der Waals surface area contributed by atoms with Gasteiger partial charge in [-0.3, -0.25) is 4.79 Å². The van der Waals surface area contributed by atoms with Crippen molar-refractivity contribution in [2.45, 2.75) is 26.7 Å². The van der Waals surface area contributed by atoms with Gasteiger partial charge in [0.05, 0.1) is 0 Å². The van der Waals surface area contributed by atoms with Gasteiger partial charge in [-0.25, -0.2) is 4.98 Å². The average Bonchev–Trinajstić information content (AvgIpc) is 2.56. The van der Waals surface area contributed by atoms with Crippen molar-refractivity contribution in [2.24, 2.45) is 0 Å². The molecule has 0 atom stereocenters. The van der Waals surface area contributed by atoms with E-state index in [1.807, 2.05) is 35.2 Å². The summed E-state index contributed by atoms with van der Waals surface area (Å²) in [6, 6.07) is 11.4. The number of carbonyl (C=O) groups is 1. The van der Waals surface area contributed by atoms with E-state index in [2.05, 4.69) is 40.1 Å². The van der Waals surface area contributed by atoms with E-state index in [1.54, 1.807) is 12.3 Å². The molecule has 0 spiro atoms. The Morgan fingerprint density at radius 1 is 1.13 bits per heavy atom. The summed E-state index contributed by atoms with van der Waals surface area (Å²) in [5.41, 5.74) is 1.60. The van der Waals surface area contributed by atoms with Crippen molar-refractivity contribution in [3.05, 3.63) is 52.6 Å². The van der Waals surface area contributed by atoms with Gasteiger partial charge < -0.3 is 10.2 Å². The summed E-state index contributed by atoms with van der Waals surface area (Å²) < 4.78 is 1.02. The second-order valence-corrected chi connectivity index (χ2v) is 6.27. The molecule has 1 amide bonds. The number of nitrogens with zero attached hydrogens (tertiary/aromatic N) is 2. The number of pyridine rings is 1. The Hall–Kier alpha value is -1.88.